The van der Waals surface area contributed by atoms with Crippen molar-refractivity contribution < 1.29 is 7.86 Å². The van der Waals surface area contributed by atoms with E-state index in [4.69, 9.17) is 3.56 Å². The fraction of sp³-hybridized carbons (Fsp3) is 0.857. The van der Waals surface area contributed by atoms with Gasteiger partial charge in [0.1, 0.15) is 0 Å². The van der Waals surface area contributed by atoms with E-state index in [-0.39, 0.29) is 11.9 Å². The molecule has 0 aromatic heterocycles. The van der Waals surface area contributed by atoms with E-state index in [1.807, 2.05) is 0 Å². The van der Waals surface area contributed by atoms with E-state index in [1.54, 1.807) is 0 Å². The number of amides is 1. The van der Waals surface area contributed by atoms with Crippen LogP contribution in [-0.2, 0) is 7.86 Å². The molecule has 1 saturated carbocycles. The zero-order valence-electron chi connectivity index (χ0n) is 6.97. The third-order valence-electron chi connectivity index (χ3n) is 2.14. The van der Waals surface area contributed by atoms with Gasteiger partial charge in [0.25, 0.3) is 0 Å². The Morgan fingerprint density at radius 2 is 2.33 bits per heavy atom. The Bertz CT molecular complexity index is 242. The SMILES string of the molecule is CC(=O)NC1CCC1CI(=N)=O. The average Bonchev–Trinajstić information content (AvgIpc) is 1.93. The predicted molar refractivity (Wildman–Crippen MR) is 52.6 cm³/mol. The van der Waals surface area contributed by atoms with Crippen molar-refractivity contribution in [1.82, 2.24) is 5.32 Å². The number of hydrogen-bond donors (Lipinski definition) is 2. The van der Waals surface area contributed by atoms with Crippen molar-refractivity contribution >= 4 is 25.5 Å². The van der Waals surface area contributed by atoms with Crippen molar-refractivity contribution in [2.75, 3.05) is 4.43 Å². The van der Waals surface area contributed by atoms with Crippen molar-refractivity contribution in [3.63, 3.8) is 0 Å². The molecule has 1 rings (SSSR count). The van der Waals surface area contributed by atoms with Gasteiger partial charge in [-0.2, -0.15) is 0 Å². The van der Waals surface area contributed by atoms with E-state index < -0.39 is 19.6 Å². The number of halogens is 1. The van der Waals surface area contributed by atoms with Crippen molar-refractivity contribution in [3.8, 4) is 0 Å². The topological polar surface area (TPSA) is 70.0 Å². The summed E-state index contributed by atoms with van der Waals surface area (Å²) in [6, 6.07) is 0.196. The maximum Gasteiger partial charge on any atom is 0.217 e. The van der Waals surface area contributed by atoms with Crippen molar-refractivity contribution in [2.24, 2.45) is 5.92 Å². The van der Waals surface area contributed by atoms with Gasteiger partial charge in [-0.25, -0.2) is 0 Å². The summed E-state index contributed by atoms with van der Waals surface area (Å²) < 4.78 is 18.2. The molecular formula is C7H13IN2O2. The first-order valence-corrected chi connectivity index (χ1v) is 7.40. The normalized spacial score (nSPS) is 28.2. The standard InChI is InChI=1S/C7H13IN2O2/c1-5(11)10-7-3-2-6(7)4-8(9)12/h6-7,9H,2-4H2,1H3,(H,10,11). The highest BCUT2D eigenvalue weighted by Gasteiger charge is 2.31. The second-order valence-electron chi connectivity index (χ2n) is 3.12. The second-order valence-corrected chi connectivity index (χ2v) is 5.83. The molecule has 12 heavy (non-hydrogen) atoms. The van der Waals surface area contributed by atoms with E-state index in [0.29, 0.717) is 10.3 Å². The predicted octanol–water partition coefficient (Wildman–Crippen LogP) is 1.52. The minimum Gasteiger partial charge on any atom is -0.353 e. The summed E-state index contributed by atoms with van der Waals surface area (Å²) in [5.41, 5.74) is 0. The van der Waals surface area contributed by atoms with Crippen molar-refractivity contribution in [2.45, 2.75) is 25.8 Å². The smallest absolute Gasteiger partial charge is 0.217 e. The van der Waals surface area contributed by atoms with Crippen LogP contribution in [-0.4, -0.2) is 16.4 Å². The summed E-state index contributed by atoms with van der Waals surface area (Å²) in [4.78, 5) is 10.7. The molecule has 0 radical (unpaired) electrons. The first kappa shape index (κ1) is 9.88. The molecule has 5 heteroatoms. The molecule has 1 fully saturated rings. The highest BCUT2D eigenvalue weighted by atomic mass is 127. The van der Waals surface area contributed by atoms with Crippen molar-refractivity contribution in [3.05, 3.63) is 0 Å². The Kier molecular flexibility index (Phi) is 3.42. The van der Waals surface area contributed by atoms with E-state index in [1.165, 1.54) is 6.92 Å². The van der Waals surface area contributed by atoms with E-state index in [0.717, 1.165) is 12.8 Å². The van der Waals surface area contributed by atoms with Crippen LogP contribution in [0, 0.1) is 9.48 Å². The van der Waals surface area contributed by atoms with Gasteiger partial charge in [-0.3, -0.25) is 11.4 Å². The summed E-state index contributed by atoms with van der Waals surface area (Å²) in [6.45, 7) is 1.49. The molecule has 0 aromatic rings. The van der Waals surface area contributed by atoms with Crippen LogP contribution in [0.3, 0.4) is 0 Å². The molecule has 2 unspecified atom stereocenters. The molecule has 0 bridgehead atoms. The molecule has 2 atom stereocenters. The van der Waals surface area contributed by atoms with Crippen LogP contribution in [0.1, 0.15) is 19.8 Å². The molecule has 0 aromatic carbocycles. The van der Waals surface area contributed by atoms with Gasteiger partial charge in [0, 0.05) is 17.4 Å². The van der Waals surface area contributed by atoms with Gasteiger partial charge in [-0.05, 0) is 18.8 Å². The molecule has 1 aliphatic carbocycles. The fourth-order valence-corrected chi connectivity index (χ4v) is 3.47. The lowest BCUT2D eigenvalue weighted by atomic mass is 9.81. The number of carbonyl (C=O) groups is 1. The maximum absolute atomic E-state index is 10.7. The molecule has 0 heterocycles. The molecule has 4 nitrogen and oxygen atoms in total. The largest absolute Gasteiger partial charge is 0.353 e. The number of alkyl halides is 1. The third kappa shape index (κ3) is 2.69. The van der Waals surface area contributed by atoms with E-state index >= 15 is 0 Å². The lowest BCUT2D eigenvalue weighted by Gasteiger charge is -2.35. The Labute approximate surface area is 78.6 Å². The highest BCUT2D eigenvalue weighted by molar-refractivity contribution is 14.2. The van der Waals surface area contributed by atoms with Gasteiger partial charge in [0.2, 0.25) is 5.91 Å². The first-order chi connectivity index (χ1) is 5.59. The minimum absolute atomic E-state index is 0.0269. The van der Waals surface area contributed by atoms with Crippen LogP contribution in [0.5, 0.6) is 0 Å². The van der Waals surface area contributed by atoms with Gasteiger partial charge in [-0.1, -0.05) is 0 Å². The highest BCUT2D eigenvalue weighted by Crippen LogP contribution is 2.31. The second kappa shape index (κ2) is 4.15. The Morgan fingerprint density at radius 3 is 2.67 bits per heavy atom. The minimum atomic E-state index is -2.58. The van der Waals surface area contributed by atoms with Crippen LogP contribution >= 0.6 is 19.6 Å². The number of rotatable bonds is 3. The average molecular weight is 284 g/mol. The zero-order valence-corrected chi connectivity index (χ0v) is 9.13. The Hall–Kier alpha value is -0.200. The van der Waals surface area contributed by atoms with Crippen LogP contribution in [0.15, 0.2) is 0 Å². The lowest BCUT2D eigenvalue weighted by Crippen LogP contribution is -2.46. The Balaban J connectivity index is 2.33. The molecule has 2 N–H and O–H groups in total. The Morgan fingerprint density at radius 1 is 1.67 bits per heavy atom. The molecule has 0 aliphatic heterocycles. The first-order valence-electron chi connectivity index (χ1n) is 3.91. The van der Waals surface area contributed by atoms with Gasteiger partial charge < -0.3 is 5.32 Å². The quantitative estimate of drug-likeness (QED) is 0.609. The van der Waals surface area contributed by atoms with Crippen molar-refractivity contribution in [1.29, 1.82) is 3.56 Å². The monoisotopic (exact) mass is 284 g/mol. The third-order valence-corrected chi connectivity index (χ3v) is 4.08. The van der Waals surface area contributed by atoms with Gasteiger partial charge >= 0.3 is 0 Å². The van der Waals surface area contributed by atoms with Crippen LogP contribution in [0.2, 0.25) is 0 Å². The summed E-state index contributed by atoms with van der Waals surface area (Å²) in [6.07, 6.45) is 1.99. The summed E-state index contributed by atoms with van der Waals surface area (Å²) in [7, 11) is 0. The van der Waals surface area contributed by atoms with Gasteiger partial charge in [0.15, 0.2) is 19.6 Å². The van der Waals surface area contributed by atoms with E-state index in [2.05, 4.69) is 5.32 Å². The summed E-state index contributed by atoms with van der Waals surface area (Å²) >= 11 is -2.58. The molecule has 1 amide bonds. The van der Waals surface area contributed by atoms with E-state index in [9.17, 15) is 7.86 Å². The summed E-state index contributed by atoms with van der Waals surface area (Å²) in [5, 5.41) is 2.80. The molecule has 1 aliphatic rings. The molecule has 70 valence electrons. The number of hydrogen-bond acceptors (Lipinski definition) is 3. The lowest BCUT2D eigenvalue weighted by molar-refractivity contribution is -0.120. The fourth-order valence-electron chi connectivity index (χ4n) is 1.38. The maximum atomic E-state index is 10.7. The van der Waals surface area contributed by atoms with Gasteiger partial charge in [-0.15, -0.1) is 0 Å². The van der Waals surface area contributed by atoms with Crippen LogP contribution in [0.25, 0.3) is 0 Å². The molecule has 0 spiro atoms. The number of carbonyl (C=O) groups excluding carboxylic acids is 1. The van der Waals surface area contributed by atoms with Crippen LogP contribution < -0.4 is 5.32 Å². The number of nitrogens with one attached hydrogen (secondary N) is 2. The zero-order chi connectivity index (χ0) is 9.14. The van der Waals surface area contributed by atoms with Gasteiger partial charge in [0.05, 0.1) is 0 Å². The summed E-state index contributed by atoms with van der Waals surface area (Å²) in [5.74, 6) is 0.287. The molecular weight excluding hydrogens is 271 g/mol. The molecule has 0 saturated heterocycles. The van der Waals surface area contributed by atoms with Crippen LogP contribution in [0.4, 0.5) is 0 Å².